The van der Waals surface area contributed by atoms with E-state index in [0.29, 0.717) is 34.8 Å². The Bertz CT molecular complexity index is 1520. The lowest BCUT2D eigenvalue weighted by molar-refractivity contribution is 0.102. The third kappa shape index (κ3) is 5.48. The van der Waals surface area contributed by atoms with Gasteiger partial charge in [0, 0.05) is 72.5 Å². The van der Waals surface area contributed by atoms with Crippen molar-refractivity contribution in [2.45, 2.75) is 13.5 Å². The molecule has 0 saturated carbocycles. The van der Waals surface area contributed by atoms with Crippen LogP contribution in [0.4, 0.5) is 11.5 Å². The molecule has 0 radical (unpaired) electrons. The highest BCUT2D eigenvalue weighted by Crippen LogP contribution is 2.28. The zero-order chi connectivity index (χ0) is 26.4. The van der Waals surface area contributed by atoms with Gasteiger partial charge in [-0.05, 0) is 36.2 Å². The van der Waals surface area contributed by atoms with Crippen LogP contribution in [0.15, 0.2) is 90.2 Å². The highest BCUT2D eigenvalue weighted by Gasteiger charge is 2.16. The van der Waals surface area contributed by atoms with Gasteiger partial charge < -0.3 is 26.3 Å². The predicted molar refractivity (Wildman–Crippen MR) is 150 cm³/mol. The molecule has 0 fully saturated rings. The highest BCUT2D eigenvalue weighted by molar-refractivity contribution is 6.08. The molecule has 0 saturated heterocycles. The monoisotopic (exact) mass is 492 g/mol. The third-order valence-corrected chi connectivity index (χ3v) is 5.93. The summed E-state index contributed by atoms with van der Waals surface area (Å²) in [6, 6.07) is 18.3. The largest absolute Gasteiger partial charge is 0.393 e. The van der Waals surface area contributed by atoms with Crippen LogP contribution in [0.25, 0.3) is 27.8 Å². The summed E-state index contributed by atoms with van der Waals surface area (Å²) in [6.07, 6.45) is 7.92. The molecule has 1 amide bonds. The predicted octanol–water partition coefficient (Wildman–Crippen LogP) is 4.64. The van der Waals surface area contributed by atoms with Gasteiger partial charge in [0.05, 0.1) is 0 Å². The molecule has 0 aliphatic carbocycles. The molecule has 2 aromatic carbocycles. The van der Waals surface area contributed by atoms with E-state index in [0.717, 1.165) is 16.7 Å². The van der Waals surface area contributed by atoms with Crippen molar-refractivity contribution < 1.29 is 4.79 Å². The number of carbonyl (C=O) groups excluding carboxylic acids is 1. The number of amides is 1. The van der Waals surface area contributed by atoms with Crippen molar-refractivity contribution in [3.05, 3.63) is 107 Å². The van der Waals surface area contributed by atoms with Crippen LogP contribution in [0.3, 0.4) is 0 Å². The van der Waals surface area contributed by atoms with Crippen molar-refractivity contribution in [1.82, 2.24) is 14.9 Å². The number of allylic oxidation sites excluding steroid dienone is 1. The van der Waals surface area contributed by atoms with Crippen molar-refractivity contribution in [1.29, 1.82) is 5.41 Å². The highest BCUT2D eigenvalue weighted by atomic mass is 16.2. The minimum Gasteiger partial charge on any atom is -0.393 e. The van der Waals surface area contributed by atoms with E-state index in [1.165, 1.54) is 6.21 Å². The van der Waals surface area contributed by atoms with Gasteiger partial charge in [0.25, 0.3) is 5.91 Å². The average Bonchev–Trinajstić information content (AvgIpc) is 2.93. The molecule has 4 rings (SSSR count). The van der Waals surface area contributed by atoms with Crippen LogP contribution in [0.5, 0.6) is 0 Å². The van der Waals surface area contributed by atoms with E-state index in [4.69, 9.17) is 11.1 Å². The number of nitrogen functional groups attached to an aromatic ring is 1. The lowest BCUT2D eigenvalue weighted by Crippen LogP contribution is -2.24. The second-order valence-electron chi connectivity index (χ2n) is 8.33. The normalized spacial score (nSPS) is 11.1. The Morgan fingerprint density at radius 2 is 1.76 bits per heavy atom. The average molecular weight is 493 g/mol. The molecule has 0 aliphatic rings. The van der Waals surface area contributed by atoms with Gasteiger partial charge in [-0.3, -0.25) is 9.59 Å². The first-order valence-electron chi connectivity index (χ1n) is 11.8. The van der Waals surface area contributed by atoms with Gasteiger partial charge in [-0.2, -0.15) is 0 Å². The molecule has 0 aliphatic heterocycles. The maximum absolute atomic E-state index is 13.2. The Hall–Kier alpha value is -4.98. The van der Waals surface area contributed by atoms with Gasteiger partial charge in [0.2, 0.25) is 5.43 Å². The molecule has 186 valence electrons. The molecule has 4 aromatic rings. The fraction of sp³-hybridized carbons (Fsp3) is 0.103. The van der Waals surface area contributed by atoms with Crippen LogP contribution in [0.1, 0.15) is 22.8 Å². The van der Waals surface area contributed by atoms with Crippen molar-refractivity contribution in [3.8, 4) is 22.3 Å². The van der Waals surface area contributed by atoms with Crippen LogP contribution < -0.4 is 21.8 Å². The fourth-order valence-corrected chi connectivity index (χ4v) is 3.96. The van der Waals surface area contributed by atoms with E-state index in [9.17, 15) is 9.59 Å². The molecule has 2 heterocycles. The van der Waals surface area contributed by atoms with E-state index in [2.05, 4.69) is 15.6 Å². The SMILES string of the molecule is CCn1cc(C(=O)Nc2ccc(-c3cc(/C(C=N)=C/NC)cnc3N)cc2)c(=O)c(-c2ccccc2)c1. The second kappa shape index (κ2) is 11.2. The summed E-state index contributed by atoms with van der Waals surface area (Å²) < 4.78 is 1.83. The summed E-state index contributed by atoms with van der Waals surface area (Å²) in [7, 11) is 1.76. The minimum atomic E-state index is -0.478. The fourth-order valence-electron chi connectivity index (χ4n) is 3.96. The molecule has 0 spiro atoms. The van der Waals surface area contributed by atoms with E-state index in [-0.39, 0.29) is 11.0 Å². The summed E-state index contributed by atoms with van der Waals surface area (Å²) in [6.45, 7) is 2.57. The molecule has 0 unspecified atom stereocenters. The number of carbonyl (C=O) groups is 1. The Morgan fingerprint density at radius 3 is 2.41 bits per heavy atom. The minimum absolute atomic E-state index is 0.0731. The second-order valence-corrected chi connectivity index (χ2v) is 8.33. The van der Waals surface area contributed by atoms with E-state index >= 15 is 0 Å². The van der Waals surface area contributed by atoms with Gasteiger partial charge in [-0.15, -0.1) is 0 Å². The quantitative estimate of drug-likeness (QED) is 0.267. The Labute approximate surface area is 215 Å². The molecule has 8 nitrogen and oxygen atoms in total. The molecule has 0 bridgehead atoms. The number of rotatable bonds is 8. The van der Waals surface area contributed by atoms with Gasteiger partial charge in [0.15, 0.2) is 0 Å². The number of benzene rings is 2. The lowest BCUT2D eigenvalue weighted by atomic mass is 10.0. The molecular weight excluding hydrogens is 464 g/mol. The van der Waals surface area contributed by atoms with E-state index in [1.807, 2.05) is 60.0 Å². The number of anilines is 2. The summed E-state index contributed by atoms with van der Waals surface area (Å²) >= 11 is 0. The van der Waals surface area contributed by atoms with Crippen LogP contribution in [-0.4, -0.2) is 28.7 Å². The van der Waals surface area contributed by atoms with Gasteiger partial charge in [0.1, 0.15) is 11.4 Å². The number of pyridine rings is 2. The first kappa shape index (κ1) is 25.1. The molecule has 8 heteroatoms. The van der Waals surface area contributed by atoms with Crippen molar-refractivity contribution in [2.75, 3.05) is 18.1 Å². The van der Waals surface area contributed by atoms with Crippen molar-refractivity contribution >= 4 is 29.2 Å². The summed E-state index contributed by atoms with van der Waals surface area (Å²) in [4.78, 5) is 30.6. The Kier molecular flexibility index (Phi) is 7.59. The number of aromatic nitrogens is 2. The Morgan fingerprint density at radius 1 is 1.05 bits per heavy atom. The zero-order valence-electron chi connectivity index (χ0n) is 20.7. The number of hydrogen-bond acceptors (Lipinski definition) is 6. The molecule has 0 atom stereocenters. The van der Waals surface area contributed by atoms with Crippen LogP contribution in [-0.2, 0) is 6.54 Å². The lowest BCUT2D eigenvalue weighted by Gasteiger charge is -2.12. The third-order valence-electron chi connectivity index (χ3n) is 5.93. The van der Waals surface area contributed by atoms with Crippen molar-refractivity contribution in [2.24, 2.45) is 0 Å². The van der Waals surface area contributed by atoms with Crippen LogP contribution in [0.2, 0.25) is 0 Å². The standard InChI is InChI=1S/C29H28N6O2/c1-3-35-17-25(19-7-5-4-6-8-19)27(36)26(18-35)29(37)34-23-11-9-20(10-12-23)24-13-21(16-33-28(24)31)22(14-30)15-32-2/h4-18,30,32H,3H2,1-2H3,(H2,31,33)(H,34,37)/b22-15+,30-14?. The van der Waals surface area contributed by atoms with E-state index < -0.39 is 5.91 Å². The first-order valence-corrected chi connectivity index (χ1v) is 11.8. The van der Waals surface area contributed by atoms with Gasteiger partial charge in [-0.1, -0.05) is 42.5 Å². The molecule has 2 aromatic heterocycles. The van der Waals surface area contributed by atoms with Gasteiger partial charge >= 0.3 is 0 Å². The number of aryl methyl sites for hydroxylation is 1. The molecule has 37 heavy (non-hydrogen) atoms. The van der Waals surface area contributed by atoms with Gasteiger partial charge in [-0.25, -0.2) is 4.98 Å². The summed E-state index contributed by atoms with van der Waals surface area (Å²) in [5.41, 5.74) is 10.6. The molecular formula is C29H28N6O2. The number of nitrogens with two attached hydrogens (primary N) is 1. The first-order chi connectivity index (χ1) is 17.9. The molecule has 5 N–H and O–H groups in total. The summed E-state index contributed by atoms with van der Waals surface area (Å²) in [5.74, 6) is -0.124. The number of nitrogens with one attached hydrogen (secondary N) is 3. The summed E-state index contributed by atoms with van der Waals surface area (Å²) in [5, 5.41) is 13.4. The Balaban J connectivity index is 1.62. The van der Waals surface area contributed by atoms with Crippen molar-refractivity contribution in [3.63, 3.8) is 0 Å². The number of hydrogen-bond donors (Lipinski definition) is 4. The number of nitrogens with zero attached hydrogens (tertiary/aromatic N) is 2. The maximum atomic E-state index is 13.2. The smallest absolute Gasteiger partial charge is 0.261 e. The van der Waals surface area contributed by atoms with Crippen LogP contribution in [0, 0.1) is 5.41 Å². The zero-order valence-corrected chi connectivity index (χ0v) is 20.7. The topological polar surface area (TPSA) is 126 Å². The maximum Gasteiger partial charge on any atom is 0.261 e. The van der Waals surface area contributed by atoms with Crippen LogP contribution >= 0.6 is 0 Å². The van der Waals surface area contributed by atoms with E-state index in [1.54, 1.807) is 44.0 Å².